The molecule has 0 spiro atoms. The second-order valence-corrected chi connectivity index (χ2v) is 5.62. The standard InChI is InChI=1S/C14H26N2O/c1-3-6-16(7-8-17-2)10-13-11-4-5-12(9-11)14(13)15/h3,11-14H,1,4-10,15H2,2H3. The Morgan fingerprint density at radius 2 is 2.18 bits per heavy atom. The number of nitrogens with zero attached hydrogens (tertiary/aromatic N) is 1. The smallest absolute Gasteiger partial charge is 0.0589 e. The van der Waals surface area contributed by atoms with Gasteiger partial charge in [-0.3, -0.25) is 4.90 Å². The fourth-order valence-corrected chi connectivity index (χ4v) is 3.68. The van der Waals surface area contributed by atoms with Gasteiger partial charge in [0, 0.05) is 32.8 Å². The largest absolute Gasteiger partial charge is 0.383 e. The van der Waals surface area contributed by atoms with E-state index in [1.165, 1.54) is 19.3 Å². The number of hydrogen-bond donors (Lipinski definition) is 1. The summed E-state index contributed by atoms with van der Waals surface area (Å²) >= 11 is 0. The molecule has 2 rings (SSSR count). The third-order valence-electron chi connectivity index (χ3n) is 4.63. The summed E-state index contributed by atoms with van der Waals surface area (Å²) in [5.41, 5.74) is 6.35. The molecule has 0 heterocycles. The van der Waals surface area contributed by atoms with Crippen LogP contribution in [0.2, 0.25) is 0 Å². The van der Waals surface area contributed by atoms with E-state index in [2.05, 4.69) is 11.5 Å². The molecule has 17 heavy (non-hydrogen) atoms. The lowest BCUT2D eigenvalue weighted by Gasteiger charge is -2.33. The maximum Gasteiger partial charge on any atom is 0.0589 e. The molecule has 2 aliphatic rings. The van der Waals surface area contributed by atoms with Crippen molar-refractivity contribution in [1.82, 2.24) is 4.90 Å². The molecule has 0 aliphatic heterocycles. The van der Waals surface area contributed by atoms with Crippen LogP contribution in [0, 0.1) is 17.8 Å². The SMILES string of the molecule is C=CCN(CCOC)CC1C2CCC(C2)C1N. The molecule has 2 aliphatic carbocycles. The highest BCUT2D eigenvalue weighted by molar-refractivity contribution is 5.00. The monoisotopic (exact) mass is 238 g/mol. The quantitative estimate of drug-likeness (QED) is 0.683. The number of methoxy groups -OCH3 is 1. The molecule has 2 bridgehead atoms. The lowest BCUT2D eigenvalue weighted by Crippen LogP contribution is -2.43. The summed E-state index contributed by atoms with van der Waals surface area (Å²) in [5.74, 6) is 2.38. The van der Waals surface area contributed by atoms with Gasteiger partial charge in [0.05, 0.1) is 6.61 Å². The van der Waals surface area contributed by atoms with Crippen molar-refractivity contribution in [2.24, 2.45) is 23.5 Å². The van der Waals surface area contributed by atoms with Crippen LogP contribution in [0.15, 0.2) is 12.7 Å². The lowest BCUT2D eigenvalue weighted by molar-refractivity contribution is 0.128. The Hall–Kier alpha value is -0.380. The van der Waals surface area contributed by atoms with Gasteiger partial charge < -0.3 is 10.5 Å². The van der Waals surface area contributed by atoms with Gasteiger partial charge in [0.15, 0.2) is 0 Å². The van der Waals surface area contributed by atoms with Crippen molar-refractivity contribution in [1.29, 1.82) is 0 Å². The third-order valence-corrected chi connectivity index (χ3v) is 4.63. The average molecular weight is 238 g/mol. The number of fused-ring (bicyclic) bond motifs is 2. The summed E-state index contributed by atoms with van der Waals surface area (Å²) in [6.45, 7) is 7.69. The maximum atomic E-state index is 6.35. The fourth-order valence-electron chi connectivity index (χ4n) is 3.68. The zero-order chi connectivity index (χ0) is 12.3. The second kappa shape index (κ2) is 5.98. The normalized spacial score (nSPS) is 35.7. The summed E-state index contributed by atoms with van der Waals surface area (Å²) in [4.78, 5) is 2.43. The zero-order valence-corrected chi connectivity index (χ0v) is 11.0. The van der Waals surface area contributed by atoms with E-state index < -0.39 is 0 Å². The Balaban J connectivity index is 1.86. The van der Waals surface area contributed by atoms with Gasteiger partial charge in [-0.2, -0.15) is 0 Å². The van der Waals surface area contributed by atoms with Crippen molar-refractivity contribution < 1.29 is 4.74 Å². The van der Waals surface area contributed by atoms with E-state index in [4.69, 9.17) is 10.5 Å². The van der Waals surface area contributed by atoms with Crippen LogP contribution < -0.4 is 5.73 Å². The maximum absolute atomic E-state index is 6.35. The molecule has 3 heteroatoms. The molecule has 4 unspecified atom stereocenters. The molecule has 0 aromatic rings. The predicted octanol–water partition coefficient (Wildman–Crippen LogP) is 1.49. The van der Waals surface area contributed by atoms with E-state index in [1.54, 1.807) is 7.11 Å². The van der Waals surface area contributed by atoms with Crippen molar-refractivity contribution in [3.05, 3.63) is 12.7 Å². The highest BCUT2D eigenvalue weighted by atomic mass is 16.5. The zero-order valence-electron chi connectivity index (χ0n) is 11.0. The number of nitrogens with two attached hydrogens (primary N) is 1. The molecule has 2 saturated carbocycles. The van der Waals surface area contributed by atoms with Crippen LogP contribution in [0.5, 0.6) is 0 Å². The van der Waals surface area contributed by atoms with Crippen LogP contribution in [0.25, 0.3) is 0 Å². The van der Waals surface area contributed by atoms with E-state index in [0.717, 1.165) is 38.1 Å². The van der Waals surface area contributed by atoms with E-state index in [-0.39, 0.29) is 0 Å². The highest BCUT2D eigenvalue weighted by Crippen LogP contribution is 2.47. The molecule has 0 radical (unpaired) electrons. The number of rotatable bonds is 7. The highest BCUT2D eigenvalue weighted by Gasteiger charge is 2.45. The Labute approximate surface area is 105 Å². The van der Waals surface area contributed by atoms with Crippen molar-refractivity contribution >= 4 is 0 Å². The van der Waals surface area contributed by atoms with E-state index >= 15 is 0 Å². The Bertz CT molecular complexity index is 255. The molecule has 3 nitrogen and oxygen atoms in total. The first kappa shape index (κ1) is 13.1. The third kappa shape index (κ3) is 2.90. The second-order valence-electron chi connectivity index (χ2n) is 5.62. The molecule has 0 amide bonds. The van der Waals surface area contributed by atoms with Crippen LogP contribution in [0.1, 0.15) is 19.3 Å². The van der Waals surface area contributed by atoms with Crippen molar-refractivity contribution in [2.75, 3.05) is 33.4 Å². The van der Waals surface area contributed by atoms with Gasteiger partial charge in [-0.1, -0.05) is 6.08 Å². The first-order valence-electron chi connectivity index (χ1n) is 6.84. The van der Waals surface area contributed by atoms with Crippen LogP contribution in [0.3, 0.4) is 0 Å². The van der Waals surface area contributed by atoms with E-state index in [0.29, 0.717) is 12.0 Å². The molecule has 0 aromatic carbocycles. The van der Waals surface area contributed by atoms with Gasteiger partial charge in [0.2, 0.25) is 0 Å². The molecular formula is C14H26N2O. The van der Waals surface area contributed by atoms with Gasteiger partial charge in [0.25, 0.3) is 0 Å². The molecule has 0 saturated heterocycles. The first-order valence-corrected chi connectivity index (χ1v) is 6.84. The lowest BCUT2D eigenvalue weighted by atomic mass is 9.84. The van der Waals surface area contributed by atoms with Crippen LogP contribution >= 0.6 is 0 Å². The Kier molecular flexibility index (Phi) is 4.60. The molecular weight excluding hydrogens is 212 g/mol. The van der Waals surface area contributed by atoms with Crippen LogP contribution in [0.4, 0.5) is 0 Å². The van der Waals surface area contributed by atoms with Gasteiger partial charge in [-0.05, 0) is 37.0 Å². The van der Waals surface area contributed by atoms with E-state index in [9.17, 15) is 0 Å². The van der Waals surface area contributed by atoms with Crippen LogP contribution in [-0.2, 0) is 4.74 Å². The summed E-state index contributed by atoms with van der Waals surface area (Å²) in [6.07, 6.45) is 6.11. The van der Waals surface area contributed by atoms with Crippen molar-refractivity contribution in [3.63, 3.8) is 0 Å². The van der Waals surface area contributed by atoms with Gasteiger partial charge in [-0.25, -0.2) is 0 Å². The fraction of sp³-hybridized carbons (Fsp3) is 0.857. The minimum Gasteiger partial charge on any atom is -0.383 e. The topological polar surface area (TPSA) is 38.5 Å². The van der Waals surface area contributed by atoms with E-state index in [1.807, 2.05) is 6.08 Å². The van der Waals surface area contributed by atoms with Crippen molar-refractivity contribution in [2.45, 2.75) is 25.3 Å². The number of ether oxygens (including phenoxy) is 1. The van der Waals surface area contributed by atoms with Gasteiger partial charge >= 0.3 is 0 Å². The summed E-state index contributed by atoms with van der Waals surface area (Å²) in [6, 6.07) is 0.434. The average Bonchev–Trinajstić information content (AvgIpc) is 2.90. The van der Waals surface area contributed by atoms with Gasteiger partial charge in [-0.15, -0.1) is 6.58 Å². The summed E-state index contributed by atoms with van der Waals surface area (Å²) in [5, 5.41) is 0. The summed E-state index contributed by atoms with van der Waals surface area (Å²) < 4.78 is 5.16. The van der Waals surface area contributed by atoms with Crippen molar-refractivity contribution in [3.8, 4) is 0 Å². The molecule has 2 N–H and O–H groups in total. The molecule has 2 fully saturated rings. The minimum absolute atomic E-state index is 0.434. The molecule has 4 atom stereocenters. The van der Waals surface area contributed by atoms with Gasteiger partial charge in [0.1, 0.15) is 0 Å². The summed E-state index contributed by atoms with van der Waals surface area (Å²) in [7, 11) is 1.76. The molecule has 0 aromatic heterocycles. The van der Waals surface area contributed by atoms with Crippen LogP contribution in [-0.4, -0.2) is 44.3 Å². The molecule has 98 valence electrons. The number of hydrogen-bond acceptors (Lipinski definition) is 3. The Morgan fingerprint density at radius 1 is 1.41 bits per heavy atom. The predicted molar refractivity (Wildman–Crippen MR) is 70.8 cm³/mol. The first-order chi connectivity index (χ1) is 8.26. The Morgan fingerprint density at radius 3 is 2.76 bits per heavy atom. The minimum atomic E-state index is 0.434.